The van der Waals surface area contributed by atoms with Crippen molar-refractivity contribution in [2.45, 2.75) is 26.2 Å². The van der Waals surface area contributed by atoms with Gasteiger partial charge < -0.3 is 19.9 Å². The number of benzene rings is 2. The molecule has 0 heterocycles. The summed E-state index contributed by atoms with van der Waals surface area (Å²) in [5.41, 5.74) is 1.66. The van der Waals surface area contributed by atoms with E-state index < -0.39 is 6.10 Å². The molecule has 0 aromatic heterocycles. The van der Waals surface area contributed by atoms with E-state index in [0.29, 0.717) is 35.2 Å². The molecular formula is C18H20BrClFNO3. The number of methoxy groups -OCH3 is 1. The Morgan fingerprint density at radius 1 is 1.32 bits per heavy atom. The first-order valence-corrected chi connectivity index (χ1v) is 8.89. The molecule has 0 spiro atoms. The summed E-state index contributed by atoms with van der Waals surface area (Å²) in [7, 11) is 1.56. The lowest BCUT2D eigenvalue weighted by Gasteiger charge is -2.15. The van der Waals surface area contributed by atoms with Crippen molar-refractivity contribution >= 4 is 27.5 Å². The molecule has 0 amide bonds. The summed E-state index contributed by atoms with van der Waals surface area (Å²) in [5, 5.41) is 12.8. The van der Waals surface area contributed by atoms with E-state index >= 15 is 0 Å². The molecular weight excluding hydrogens is 413 g/mol. The maximum absolute atomic E-state index is 13.1. The van der Waals surface area contributed by atoms with E-state index in [1.165, 1.54) is 12.1 Å². The largest absolute Gasteiger partial charge is 0.493 e. The lowest BCUT2D eigenvalue weighted by atomic mass is 10.2. The maximum Gasteiger partial charge on any atom is 0.175 e. The fourth-order valence-electron chi connectivity index (χ4n) is 2.23. The molecule has 2 aromatic carbocycles. The average Bonchev–Trinajstić information content (AvgIpc) is 2.54. The number of aliphatic hydroxyl groups is 1. The van der Waals surface area contributed by atoms with Crippen molar-refractivity contribution in [1.29, 1.82) is 0 Å². The number of hydrogen-bond donors (Lipinski definition) is 2. The van der Waals surface area contributed by atoms with Crippen LogP contribution in [0.5, 0.6) is 11.5 Å². The minimum atomic E-state index is -0.409. The van der Waals surface area contributed by atoms with Crippen LogP contribution in [0, 0.1) is 5.82 Å². The van der Waals surface area contributed by atoms with Gasteiger partial charge in [-0.3, -0.25) is 0 Å². The van der Waals surface area contributed by atoms with Crippen molar-refractivity contribution < 1.29 is 19.0 Å². The van der Waals surface area contributed by atoms with Crippen molar-refractivity contribution in [3.63, 3.8) is 0 Å². The van der Waals surface area contributed by atoms with Crippen LogP contribution >= 0.6 is 27.5 Å². The molecule has 0 fully saturated rings. The molecule has 25 heavy (non-hydrogen) atoms. The third-order valence-corrected chi connectivity index (χ3v) is 4.39. The molecule has 1 atom stereocenters. The monoisotopic (exact) mass is 431 g/mol. The van der Waals surface area contributed by atoms with Crippen LogP contribution in [-0.2, 0) is 13.2 Å². The van der Waals surface area contributed by atoms with Gasteiger partial charge in [0.05, 0.1) is 22.7 Å². The fraction of sp³-hybridized carbons (Fsp3) is 0.333. The second kappa shape index (κ2) is 9.38. The second-order valence-electron chi connectivity index (χ2n) is 5.61. The Bertz CT molecular complexity index is 728. The molecule has 2 rings (SSSR count). The van der Waals surface area contributed by atoms with Gasteiger partial charge in [-0.1, -0.05) is 17.7 Å². The molecule has 2 N–H and O–H groups in total. The number of hydrogen-bond acceptors (Lipinski definition) is 4. The van der Waals surface area contributed by atoms with Gasteiger partial charge in [0.25, 0.3) is 0 Å². The molecule has 0 radical (unpaired) electrons. The third-order valence-electron chi connectivity index (χ3n) is 3.45. The van der Waals surface area contributed by atoms with E-state index in [1.54, 1.807) is 20.1 Å². The van der Waals surface area contributed by atoms with Crippen LogP contribution < -0.4 is 14.8 Å². The van der Waals surface area contributed by atoms with Crippen LogP contribution in [0.15, 0.2) is 34.8 Å². The zero-order valence-corrected chi connectivity index (χ0v) is 16.3. The van der Waals surface area contributed by atoms with Gasteiger partial charge in [0, 0.05) is 18.7 Å². The van der Waals surface area contributed by atoms with Crippen molar-refractivity contribution in [1.82, 2.24) is 5.32 Å². The summed E-state index contributed by atoms with van der Waals surface area (Å²) in [6, 6.07) is 7.96. The van der Waals surface area contributed by atoms with Crippen molar-refractivity contribution in [3.05, 3.63) is 56.8 Å². The first-order chi connectivity index (χ1) is 11.9. The van der Waals surface area contributed by atoms with Crippen LogP contribution in [0.1, 0.15) is 18.1 Å². The van der Waals surface area contributed by atoms with E-state index in [-0.39, 0.29) is 12.4 Å². The van der Waals surface area contributed by atoms with E-state index in [4.69, 9.17) is 21.1 Å². The van der Waals surface area contributed by atoms with Crippen LogP contribution in [0.3, 0.4) is 0 Å². The highest BCUT2D eigenvalue weighted by Gasteiger charge is 2.13. The predicted molar refractivity (Wildman–Crippen MR) is 99.8 cm³/mol. The smallest absolute Gasteiger partial charge is 0.175 e. The van der Waals surface area contributed by atoms with Gasteiger partial charge in [-0.05, 0) is 52.7 Å². The summed E-state index contributed by atoms with van der Waals surface area (Å²) < 4.78 is 25.1. The topological polar surface area (TPSA) is 50.7 Å². The van der Waals surface area contributed by atoms with Gasteiger partial charge in [0.1, 0.15) is 12.4 Å². The van der Waals surface area contributed by atoms with Gasteiger partial charge in [-0.25, -0.2) is 4.39 Å². The molecule has 7 heteroatoms. The van der Waals surface area contributed by atoms with Crippen molar-refractivity contribution in [3.8, 4) is 11.5 Å². The van der Waals surface area contributed by atoms with Crippen molar-refractivity contribution in [2.24, 2.45) is 0 Å². The molecule has 0 bridgehead atoms. The Morgan fingerprint density at radius 2 is 2.08 bits per heavy atom. The molecule has 4 nitrogen and oxygen atoms in total. The quantitative estimate of drug-likeness (QED) is 0.653. The Balaban J connectivity index is 2.11. The molecule has 0 aliphatic heterocycles. The van der Waals surface area contributed by atoms with Gasteiger partial charge in [-0.15, -0.1) is 0 Å². The molecule has 136 valence electrons. The van der Waals surface area contributed by atoms with E-state index in [1.807, 2.05) is 12.1 Å². The second-order valence-corrected chi connectivity index (χ2v) is 6.87. The normalized spacial score (nSPS) is 12.1. The molecule has 0 aliphatic rings. The minimum Gasteiger partial charge on any atom is -0.493 e. The Kier molecular flexibility index (Phi) is 7.50. The van der Waals surface area contributed by atoms with Gasteiger partial charge >= 0.3 is 0 Å². The number of ether oxygens (including phenoxy) is 2. The molecule has 0 saturated heterocycles. The molecule has 0 saturated carbocycles. The summed E-state index contributed by atoms with van der Waals surface area (Å²) in [6.45, 7) is 3.00. The van der Waals surface area contributed by atoms with E-state index in [0.717, 1.165) is 10.0 Å². The van der Waals surface area contributed by atoms with E-state index in [9.17, 15) is 9.50 Å². The van der Waals surface area contributed by atoms with Crippen LogP contribution in [0.4, 0.5) is 4.39 Å². The molecule has 0 unspecified atom stereocenters. The zero-order chi connectivity index (χ0) is 18.4. The zero-order valence-electron chi connectivity index (χ0n) is 14.0. The summed E-state index contributed by atoms with van der Waals surface area (Å²) >= 11 is 9.51. The summed E-state index contributed by atoms with van der Waals surface area (Å²) in [6.07, 6.45) is -0.409. The highest BCUT2D eigenvalue weighted by Crippen LogP contribution is 2.37. The molecule has 2 aromatic rings. The maximum atomic E-state index is 13.1. The Labute approximate surface area is 160 Å². The molecule has 0 aliphatic carbocycles. The number of aliphatic hydroxyl groups excluding tert-OH is 1. The highest BCUT2D eigenvalue weighted by atomic mass is 79.9. The highest BCUT2D eigenvalue weighted by molar-refractivity contribution is 9.10. The third kappa shape index (κ3) is 5.85. The lowest BCUT2D eigenvalue weighted by Crippen LogP contribution is -2.23. The van der Waals surface area contributed by atoms with Crippen LogP contribution in [0.25, 0.3) is 0 Å². The number of rotatable bonds is 8. The standard InChI is InChI=1S/C18H20BrClFNO3/c1-11(23)8-22-9-12-5-15(19)18(17(6-12)24-2)25-10-13-3-4-14(21)7-16(13)20/h3-7,11,22-23H,8-10H2,1-2H3/t11-/m0/s1. The van der Waals surface area contributed by atoms with E-state index in [2.05, 4.69) is 21.2 Å². The number of halogens is 3. The first kappa shape index (κ1) is 20.0. The van der Waals surface area contributed by atoms with Gasteiger partial charge in [0.2, 0.25) is 0 Å². The summed E-state index contributed by atoms with van der Waals surface area (Å²) in [4.78, 5) is 0. The Hall–Kier alpha value is -1.34. The van der Waals surface area contributed by atoms with Crippen LogP contribution in [-0.4, -0.2) is 24.9 Å². The average molecular weight is 433 g/mol. The number of nitrogens with one attached hydrogen (secondary N) is 1. The predicted octanol–water partition coefficient (Wildman–Crippen LogP) is 4.30. The minimum absolute atomic E-state index is 0.188. The Morgan fingerprint density at radius 3 is 2.72 bits per heavy atom. The van der Waals surface area contributed by atoms with Crippen LogP contribution in [0.2, 0.25) is 5.02 Å². The van der Waals surface area contributed by atoms with Gasteiger partial charge in [0.15, 0.2) is 11.5 Å². The summed E-state index contributed by atoms with van der Waals surface area (Å²) in [5.74, 6) is 0.727. The SMILES string of the molecule is COc1cc(CNC[C@H](C)O)cc(Br)c1OCc1ccc(F)cc1Cl. The van der Waals surface area contributed by atoms with Gasteiger partial charge in [-0.2, -0.15) is 0 Å². The fourth-order valence-corrected chi connectivity index (χ4v) is 3.06. The first-order valence-electron chi connectivity index (χ1n) is 7.72. The lowest BCUT2D eigenvalue weighted by molar-refractivity contribution is 0.191. The van der Waals surface area contributed by atoms with Crippen molar-refractivity contribution in [2.75, 3.05) is 13.7 Å².